The predicted octanol–water partition coefficient (Wildman–Crippen LogP) is 3.89. The van der Waals surface area contributed by atoms with Crippen LogP contribution in [0.4, 0.5) is 0 Å². The molecule has 2 atom stereocenters. The summed E-state index contributed by atoms with van der Waals surface area (Å²) in [7, 11) is 0. The summed E-state index contributed by atoms with van der Waals surface area (Å²) in [6.07, 6.45) is 4.56. The Morgan fingerprint density at radius 2 is 2.05 bits per heavy atom. The number of carbonyl (C=O) groups excluding carboxylic acids is 1. The van der Waals surface area contributed by atoms with Gasteiger partial charge in [-0.1, -0.05) is 18.5 Å². The maximum Gasteiger partial charge on any atom is 0.252 e. The minimum absolute atomic E-state index is 0. The molecule has 0 saturated carbocycles. The van der Waals surface area contributed by atoms with Gasteiger partial charge in [0, 0.05) is 28.0 Å². The molecular formula is C16H22Cl2N2OS. The fourth-order valence-electron chi connectivity index (χ4n) is 3.40. The van der Waals surface area contributed by atoms with Crippen LogP contribution in [0.25, 0.3) is 0 Å². The third-order valence-electron chi connectivity index (χ3n) is 4.29. The second-order valence-corrected chi connectivity index (χ2v) is 7.60. The van der Waals surface area contributed by atoms with Crippen molar-refractivity contribution in [3.8, 4) is 0 Å². The molecule has 1 aromatic rings. The first-order valence-corrected chi connectivity index (χ1v) is 9.01. The maximum absolute atomic E-state index is 12.6. The summed E-state index contributed by atoms with van der Waals surface area (Å²) in [5.74, 6) is 0.958. The molecular weight excluding hydrogens is 339 g/mol. The van der Waals surface area contributed by atoms with E-state index in [1.165, 1.54) is 12.8 Å². The van der Waals surface area contributed by atoms with Crippen LogP contribution in [0.2, 0.25) is 5.02 Å². The van der Waals surface area contributed by atoms with Gasteiger partial charge in [0.25, 0.3) is 5.91 Å². The van der Waals surface area contributed by atoms with Crippen LogP contribution in [0.1, 0.15) is 43.0 Å². The third kappa shape index (κ3) is 4.10. The van der Waals surface area contributed by atoms with Crippen LogP contribution < -0.4 is 10.6 Å². The van der Waals surface area contributed by atoms with Gasteiger partial charge in [0.1, 0.15) is 0 Å². The Morgan fingerprint density at radius 1 is 1.36 bits per heavy atom. The van der Waals surface area contributed by atoms with Crippen LogP contribution in [-0.2, 0) is 0 Å². The summed E-state index contributed by atoms with van der Waals surface area (Å²) in [5, 5.41) is 7.43. The first-order valence-electron chi connectivity index (χ1n) is 7.65. The van der Waals surface area contributed by atoms with Crippen molar-refractivity contribution in [1.29, 1.82) is 0 Å². The van der Waals surface area contributed by atoms with E-state index in [-0.39, 0.29) is 24.4 Å². The third-order valence-corrected chi connectivity index (χ3v) is 5.49. The van der Waals surface area contributed by atoms with E-state index in [1.54, 1.807) is 17.8 Å². The standard InChI is InChI=1S/C16H21ClN2OS.ClH/c1-2-21-15-6-3-10(17)7-14(15)16(20)19-13-8-11-4-5-12(9-13)18-11;/h3,6-7,11-13,18H,2,4-5,8-9H2,1H3,(H,19,20);1H. The molecule has 2 saturated heterocycles. The van der Waals surface area contributed by atoms with Gasteiger partial charge in [-0.05, 0) is 49.6 Å². The average molecular weight is 361 g/mol. The molecule has 2 bridgehead atoms. The molecule has 2 unspecified atom stereocenters. The van der Waals surface area contributed by atoms with E-state index in [0.29, 0.717) is 22.7 Å². The first-order chi connectivity index (χ1) is 10.2. The Kier molecular flexibility index (Phi) is 6.45. The van der Waals surface area contributed by atoms with E-state index >= 15 is 0 Å². The van der Waals surface area contributed by atoms with Crippen molar-refractivity contribution in [2.24, 2.45) is 0 Å². The molecule has 2 fully saturated rings. The predicted molar refractivity (Wildman–Crippen MR) is 95.5 cm³/mol. The number of amides is 1. The molecule has 1 aromatic carbocycles. The molecule has 122 valence electrons. The highest BCUT2D eigenvalue weighted by Gasteiger charge is 2.34. The Labute approximate surface area is 147 Å². The highest BCUT2D eigenvalue weighted by molar-refractivity contribution is 7.99. The second kappa shape index (κ2) is 7.91. The van der Waals surface area contributed by atoms with E-state index in [4.69, 9.17) is 11.6 Å². The van der Waals surface area contributed by atoms with Crippen molar-refractivity contribution >= 4 is 41.7 Å². The molecule has 0 radical (unpaired) electrons. The van der Waals surface area contributed by atoms with Gasteiger partial charge in [-0.3, -0.25) is 4.79 Å². The summed E-state index contributed by atoms with van der Waals surface area (Å²) in [5.41, 5.74) is 0.709. The SMILES string of the molecule is CCSc1ccc(Cl)cc1C(=O)NC1CC2CCC(C1)N2.Cl. The number of thioether (sulfide) groups is 1. The first kappa shape index (κ1) is 17.9. The Balaban J connectivity index is 0.00000176. The minimum Gasteiger partial charge on any atom is -0.349 e. The van der Waals surface area contributed by atoms with Gasteiger partial charge in [-0.25, -0.2) is 0 Å². The fraction of sp³-hybridized carbons (Fsp3) is 0.562. The summed E-state index contributed by atoms with van der Waals surface area (Å²) >= 11 is 7.74. The molecule has 2 aliphatic rings. The molecule has 2 heterocycles. The monoisotopic (exact) mass is 360 g/mol. The van der Waals surface area contributed by atoms with Crippen molar-refractivity contribution in [2.45, 2.75) is 55.6 Å². The van der Waals surface area contributed by atoms with Crippen LogP contribution >= 0.6 is 35.8 Å². The van der Waals surface area contributed by atoms with Gasteiger partial charge >= 0.3 is 0 Å². The lowest BCUT2D eigenvalue weighted by atomic mass is 9.99. The molecule has 2 aliphatic heterocycles. The van der Waals surface area contributed by atoms with E-state index in [1.807, 2.05) is 12.1 Å². The highest BCUT2D eigenvalue weighted by Crippen LogP contribution is 2.29. The molecule has 0 spiro atoms. The lowest BCUT2D eigenvalue weighted by molar-refractivity contribution is 0.0921. The summed E-state index contributed by atoms with van der Waals surface area (Å²) in [6, 6.07) is 7.02. The lowest BCUT2D eigenvalue weighted by Crippen LogP contribution is -2.48. The van der Waals surface area contributed by atoms with Gasteiger partial charge in [0.2, 0.25) is 0 Å². The Morgan fingerprint density at radius 3 is 2.68 bits per heavy atom. The van der Waals surface area contributed by atoms with Gasteiger partial charge in [-0.2, -0.15) is 0 Å². The number of carbonyl (C=O) groups is 1. The normalized spacial score (nSPS) is 26.4. The minimum atomic E-state index is 0. The molecule has 3 rings (SSSR count). The number of piperidine rings is 1. The van der Waals surface area contributed by atoms with Crippen molar-refractivity contribution in [3.63, 3.8) is 0 Å². The second-order valence-electron chi connectivity index (χ2n) is 5.85. The largest absolute Gasteiger partial charge is 0.349 e. The summed E-state index contributed by atoms with van der Waals surface area (Å²) in [4.78, 5) is 13.6. The molecule has 6 heteroatoms. The molecule has 2 N–H and O–H groups in total. The number of hydrogen-bond donors (Lipinski definition) is 2. The van der Waals surface area contributed by atoms with Crippen molar-refractivity contribution in [1.82, 2.24) is 10.6 Å². The smallest absolute Gasteiger partial charge is 0.252 e. The van der Waals surface area contributed by atoms with Gasteiger partial charge in [0.15, 0.2) is 0 Å². The molecule has 22 heavy (non-hydrogen) atoms. The van der Waals surface area contributed by atoms with E-state index in [0.717, 1.165) is 23.5 Å². The quantitative estimate of drug-likeness (QED) is 0.800. The number of fused-ring (bicyclic) bond motifs is 2. The van der Waals surface area contributed by atoms with Gasteiger partial charge in [0.05, 0.1) is 5.56 Å². The highest BCUT2D eigenvalue weighted by atomic mass is 35.5. The number of halogens is 2. The fourth-order valence-corrected chi connectivity index (χ4v) is 4.35. The van der Waals surface area contributed by atoms with Crippen LogP contribution in [0, 0.1) is 0 Å². The number of hydrogen-bond acceptors (Lipinski definition) is 3. The van der Waals surface area contributed by atoms with E-state index in [2.05, 4.69) is 17.6 Å². The van der Waals surface area contributed by atoms with Crippen molar-refractivity contribution < 1.29 is 4.79 Å². The van der Waals surface area contributed by atoms with Crippen LogP contribution in [0.15, 0.2) is 23.1 Å². The number of nitrogens with one attached hydrogen (secondary N) is 2. The average Bonchev–Trinajstić information content (AvgIpc) is 2.80. The van der Waals surface area contributed by atoms with E-state index in [9.17, 15) is 4.79 Å². The number of benzene rings is 1. The van der Waals surface area contributed by atoms with Gasteiger partial charge in [-0.15, -0.1) is 24.2 Å². The molecule has 0 aromatic heterocycles. The van der Waals surface area contributed by atoms with Crippen LogP contribution in [0.3, 0.4) is 0 Å². The summed E-state index contributed by atoms with van der Waals surface area (Å²) in [6.45, 7) is 2.09. The Bertz CT molecular complexity index is 529. The van der Waals surface area contributed by atoms with E-state index < -0.39 is 0 Å². The Hall–Kier alpha value is -0.420. The zero-order valence-corrected chi connectivity index (χ0v) is 15.0. The molecule has 1 amide bonds. The maximum atomic E-state index is 12.6. The zero-order chi connectivity index (χ0) is 14.8. The lowest BCUT2D eigenvalue weighted by Gasteiger charge is -2.29. The van der Waals surface area contributed by atoms with Crippen LogP contribution in [0.5, 0.6) is 0 Å². The van der Waals surface area contributed by atoms with Crippen LogP contribution in [-0.4, -0.2) is 29.8 Å². The van der Waals surface area contributed by atoms with Crippen molar-refractivity contribution in [2.75, 3.05) is 5.75 Å². The topological polar surface area (TPSA) is 41.1 Å². The zero-order valence-electron chi connectivity index (χ0n) is 12.6. The van der Waals surface area contributed by atoms with Gasteiger partial charge < -0.3 is 10.6 Å². The summed E-state index contributed by atoms with van der Waals surface area (Å²) < 4.78 is 0. The number of rotatable bonds is 4. The molecule has 3 nitrogen and oxygen atoms in total. The molecule has 0 aliphatic carbocycles. The van der Waals surface area contributed by atoms with Crippen molar-refractivity contribution in [3.05, 3.63) is 28.8 Å².